The summed E-state index contributed by atoms with van der Waals surface area (Å²) in [5.41, 5.74) is -0.194. The Kier molecular flexibility index (Phi) is 6.28. The first-order chi connectivity index (χ1) is 11.9. The quantitative estimate of drug-likeness (QED) is 0.734. The number of carbonyl (C=O) groups excluding carboxylic acids is 2. The molecule has 0 saturated carbocycles. The molecule has 1 aromatic carbocycles. The summed E-state index contributed by atoms with van der Waals surface area (Å²) < 4.78 is 10.6. The van der Waals surface area contributed by atoms with Gasteiger partial charge in [0.05, 0.1) is 0 Å². The summed E-state index contributed by atoms with van der Waals surface area (Å²) in [6, 6.07) is 5.55. The van der Waals surface area contributed by atoms with Crippen molar-refractivity contribution in [2.75, 3.05) is 19.9 Å². The molecule has 0 spiro atoms. The monoisotopic (exact) mass is 348 g/mol. The molecule has 1 aromatic rings. The minimum atomic E-state index is -1.10. The molecule has 0 unspecified atom stereocenters. The fourth-order valence-corrected chi connectivity index (χ4v) is 2.80. The van der Waals surface area contributed by atoms with Gasteiger partial charge in [-0.05, 0) is 44.4 Å². The largest absolute Gasteiger partial charge is 0.454 e. The second-order valence-corrected chi connectivity index (χ2v) is 6.79. The van der Waals surface area contributed by atoms with Crippen LogP contribution in [0.5, 0.6) is 11.5 Å². The number of nitrogens with one attached hydrogen (secondary N) is 1. The second-order valence-electron chi connectivity index (χ2n) is 6.79. The third-order valence-corrected chi connectivity index (χ3v) is 4.27. The lowest BCUT2D eigenvalue weighted by Crippen LogP contribution is -2.49. The summed E-state index contributed by atoms with van der Waals surface area (Å²) in [7, 11) is 0. The van der Waals surface area contributed by atoms with Gasteiger partial charge in [0.1, 0.15) is 5.41 Å². The molecule has 1 aliphatic rings. The lowest BCUT2D eigenvalue weighted by atomic mass is 9.90. The van der Waals surface area contributed by atoms with Crippen molar-refractivity contribution >= 4 is 11.8 Å². The van der Waals surface area contributed by atoms with Crippen LogP contribution in [-0.2, 0) is 16.1 Å². The van der Waals surface area contributed by atoms with Crippen molar-refractivity contribution in [3.63, 3.8) is 0 Å². The van der Waals surface area contributed by atoms with Crippen molar-refractivity contribution in [2.24, 2.45) is 5.41 Å². The minimum Gasteiger partial charge on any atom is -0.454 e. The van der Waals surface area contributed by atoms with Gasteiger partial charge < -0.3 is 19.7 Å². The highest BCUT2D eigenvalue weighted by Gasteiger charge is 2.38. The van der Waals surface area contributed by atoms with Gasteiger partial charge in [0.25, 0.3) is 0 Å². The van der Waals surface area contributed by atoms with Gasteiger partial charge in [0.2, 0.25) is 18.6 Å². The van der Waals surface area contributed by atoms with E-state index in [9.17, 15) is 9.59 Å². The van der Waals surface area contributed by atoms with Crippen molar-refractivity contribution in [3.05, 3.63) is 23.8 Å². The van der Waals surface area contributed by atoms with E-state index >= 15 is 0 Å². The summed E-state index contributed by atoms with van der Waals surface area (Å²) in [4.78, 5) is 27.2. The molecule has 0 aromatic heterocycles. The van der Waals surface area contributed by atoms with Crippen LogP contribution in [0.25, 0.3) is 0 Å². The molecule has 2 amide bonds. The van der Waals surface area contributed by atoms with Crippen LogP contribution in [0.1, 0.15) is 46.1 Å². The van der Waals surface area contributed by atoms with E-state index in [1.807, 2.05) is 32.0 Å². The van der Waals surface area contributed by atoms with Crippen LogP contribution in [0.15, 0.2) is 18.2 Å². The molecule has 0 fully saturated rings. The number of ether oxygens (including phenoxy) is 2. The maximum atomic E-state index is 12.8. The Morgan fingerprint density at radius 3 is 2.40 bits per heavy atom. The van der Waals surface area contributed by atoms with Crippen molar-refractivity contribution in [2.45, 2.75) is 47.1 Å². The van der Waals surface area contributed by atoms with Crippen LogP contribution in [0.4, 0.5) is 0 Å². The van der Waals surface area contributed by atoms with Gasteiger partial charge in [-0.3, -0.25) is 9.59 Å². The van der Waals surface area contributed by atoms with E-state index in [1.54, 1.807) is 18.7 Å². The van der Waals surface area contributed by atoms with Crippen molar-refractivity contribution in [3.8, 4) is 11.5 Å². The van der Waals surface area contributed by atoms with Crippen LogP contribution < -0.4 is 14.8 Å². The number of hydrogen-bond donors (Lipinski definition) is 1. The van der Waals surface area contributed by atoms with Crippen LogP contribution >= 0.6 is 0 Å². The number of nitrogens with zero attached hydrogens (tertiary/aromatic N) is 1. The van der Waals surface area contributed by atoms with E-state index < -0.39 is 5.41 Å². The van der Waals surface area contributed by atoms with Crippen LogP contribution in [-0.4, -0.2) is 36.6 Å². The van der Waals surface area contributed by atoms with Gasteiger partial charge in [-0.15, -0.1) is 0 Å². The predicted octanol–water partition coefficient (Wildman–Crippen LogP) is 2.71. The first-order valence-corrected chi connectivity index (χ1v) is 8.86. The van der Waals surface area contributed by atoms with Crippen molar-refractivity contribution in [1.82, 2.24) is 10.2 Å². The summed E-state index contributed by atoms with van der Waals surface area (Å²) in [5.74, 6) is 0.992. The van der Waals surface area contributed by atoms with Crippen LogP contribution in [0.3, 0.4) is 0 Å². The molecule has 138 valence electrons. The molecule has 1 N–H and O–H groups in total. The fraction of sp³-hybridized carbons (Fsp3) is 0.579. The third kappa shape index (κ3) is 4.44. The highest BCUT2D eigenvalue weighted by atomic mass is 16.7. The molecular formula is C19H28N2O4. The summed E-state index contributed by atoms with van der Waals surface area (Å²) in [6.45, 7) is 9.33. The topological polar surface area (TPSA) is 67.9 Å². The van der Waals surface area contributed by atoms with E-state index in [-0.39, 0.29) is 18.6 Å². The summed E-state index contributed by atoms with van der Waals surface area (Å²) >= 11 is 0. The lowest BCUT2D eigenvalue weighted by Gasteiger charge is -2.30. The van der Waals surface area contributed by atoms with E-state index in [4.69, 9.17) is 9.47 Å². The fourth-order valence-electron chi connectivity index (χ4n) is 2.80. The van der Waals surface area contributed by atoms with Gasteiger partial charge in [-0.2, -0.15) is 0 Å². The molecule has 25 heavy (non-hydrogen) atoms. The van der Waals surface area contributed by atoms with Crippen molar-refractivity contribution < 1.29 is 19.1 Å². The van der Waals surface area contributed by atoms with Gasteiger partial charge >= 0.3 is 0 Å². The van der Waals surface area contributed by atoms with Crippen LogP contribution in [0, 0.1) is 5.41 Å². The van der Waals surface area contributed by atoms with E-state index in [0.29, 0.717) is 31.1 Å². The standard InChI is InChI=1S/C19H28N2O4/c1-5-9-21(10-6-2)18(23)19(3,4)17(22)20-12-14-7-8-15-16(11-14)25-13-24-15/h7-8,11H,5-6,9-10,12-13H2,1-4H3,(H,20,22). The Morgan fingerprint density at radius 2 is 1.76 bits per heavy atom. The zero-order valence-electron chi connectivity index (χ0n) is 15.6. The maximum Gasteiger partial charge on any atom is 0.237 e. The minimum absolute atomic E-state index is 0.126. The number of amides is 2. The highest BCUT2D eigenvalue weighted by molar-refractivity contribution is 6.04. The molecule has 0 radical (unpaired) electrons. The molecule has 0 bridgehead atoms. The molecule has 6 nitrogen and oxygen atoms in total. The zero-order valence-corrected chi connectivity index (χ0v) is 15.6. The van der Waals surface area contributed by atoms with Crippen molar-refractivity contribution in [1.29, 1.82) is 0 Å². The van der Waals surface area contributed by atoms with Gasteiger partial charge in [0.15, 0.2) is 11.5 Å². The molecule has 2 rings (SSSR count). The summed E-state index contributed by atoms with van der Waals surface area (Å²) in [5, 5.41) is 2.87. The lowest BCUT2D eigenvalue weighted by molar-refractivity contribution is -0.148. The average Bonchev–Trinajstić information content (AvgIpc) is 3.06. The Balaban J connectivity index is 1.99. The molecule has 6 heteroatoms. The van der Waals surface area contributed by atoms with Gasteiger partial charge in [-0.1, -0.05) is 19.9 Å². The van der Waals surface area contributed by atoms with E-state index in [2.05, 4.69) is 5.32 Å². The number of hydrogen-bond acceptors (Lipinski definition) is 4. The first-order valence-electron chi connectivity index (χ1n) is 8.86. The summed E-state index contributed by atoms with van der Waals surface area (Å²) in [6.07, 6.45) is 1.75. The molecule has 0 atom stereocenters. The Morgan fingerprint density at radius 1 is 1.12 bits per heavy atom. The third-order valence-electron chi connectivity index (χ3n) is 4.27. The Labute approximate surface area is 149 Å². The number of benzene rings is 1. The molecule has 1 aliphatic heterocycles. The number of fused-ring (bicyclic) bond motifs is 1. The maximum absolute atomic E-state index is 12.8. The van der Waals surface area contributed by atoms with E-state index in [0.717, 1.165) is 18.4 Å². The Bertz CT molecular complexity index is 622. The SMILES string of the molecule is CCCN(CCC)C(=O)C(C)(C)C(=O)NCc1ccc2c(c1)OCO2. The molecular weight excluding hydrogens is 320 g/mol. The normalized spacial score (nSPS) is 12.8. The predicted molar refractivity (Wildman–Crippen MR) is 95.4 cm³/mol. The van der Waals surface area contributed by atoms with Crippen LogP contribution in [0.2, 0.25) is 0 Å². The zero-order chi connectivity index (χ0) is 18.4. The number of rotatable bonds is 8. The highest BCUT2D eigenvalue weighted by Crippen LogP contribution is 2.32. The van der Waals surface area contributed by atoms with Gasteiger partial charge in [-0.25, -0.2) is 0 Å². The van der Waals surface area contributed by atoms with E-state index in [1.165, 1.54) is 0 Å². The second kappa shape index (κ2) is 8.23. The smallest absolute Gasteiger partial charge is 0.237 e. The molecule has 0 saturated heterocycles. The Hall–Kier alpha value is -2.24. The first kappa shape index (κ1) is 19.1. The molecule has 1 heterocycles. The number of carbonyl (C=O) groups is 2. The molecule has 0 aliphatic carbocycles. The average molecular weight is 348 g/mol. The van der Waals surface area contributed by atoms with Gasteiger partial charge in [0, 0.05) is 19.6 Å².